The van der Waals surface area contributed by atoms with Crippen LogP contribution in [0.15, 0.2) is 72.1 Å². The molecule has 0 radical (unpaired) electrons. The van der Waals surface area contributed by atoms with Gasteiger partial charge in [-0.25, -0.2) is 9.67 Å². The minimum Gasteiger partial charge on any atom is -0.220 e. The number of rotatable bonds is 5. The summed E-state index contributed by atoms with van der Waals surface area (Å²) in [5, 5.41) is 17.3. The van der Waals surface area contributed by atoms with Crippen LogP contribution in [0.3, 0.4) is 0 Å². The second-order valence-electron chi connectivity index (χ2n) is 5.35. The Labute approximate surface area is 148 Å². The van der Waals surface area contributed by atoms with Gasteiger partial charge in [-0.05, 0) is 41.6 Å². The van der Waals surface area contributed by atoms with Crippen LogP contribution in [0.25, 0.3) is 11.4 Å². The summed E-state index contributed by atoms with van der Waals surface area (Å²) in [7, 11) is 0. The van der Waals surface area contributed by atoms with Crippen LogP contribution in [-0.2, 0) is 0 Å². The lowest BCUT2D eigenvalue weighted by molar-refractivity contribution is 0.761. The van der Waals surface area contributed by atoms with Crippen molar-refractivity contribution in [3.05, 3.63) is 72.8 Å². The SMILES string of the molecule is CC(Sc1ncn(-c2ccccc2)n1)c1nnnn1-c1ccccc1. The van der Waals surface area contributed by atoms with Crippen LogP contribution in [0, 0.1) is 0 Å². The lowest BCUT2D eigenvalue weighted by atomic mass is 10.3. The second kappa shape index (κ2) is 6.86. The second-order valence-corrected chi connectivity index (χ2v) is 6.66. The molecular formula is C17H15N7S. The smallest absolute Gasteiger partial charge is 0.209 e. The van der Waals surface area contributed by atoms with E-state index < -0.39 is 0 Å². The van der Waals surface area contributed by atoms with E-state index in [-0.39, 0.29) is 5.25 Å². The highest BCUT2D eigenvalue weighted by atomic mass is 32.2. The zero-order valence-electron chi connectivity index (χ0n) is 13.5. The van der Waals surface area contributed by atoms with Crippen LogP contribution in [0.2, 0.25) is 0 Å². The van der Waals surface area contributed by atoms with E-state index in [1.165, 1.54) is 11.8 Å². The fourth-order valence-corrected chi connectivity index (χ4v) is 3.23. The Morgan fingerprint density at radius 3 is 2.32 bits per heavy atom. The van der Waals surface area contributed by atoms with Crippen LogP contribution < -0.4 is 0 Å². The molecular weight excluding hydrogens is 334 g/mol. The maximum atomic E-state index is 4.52. The number of thioether (sulfide) groups is 1. The van der Waals surface area contributed by atoms with Gasteiger partial charge in [0.2, 0.25) is 5.16 Å². The molecule has 1 atom stereocenters. The number of tetrazole rings is 1. The van der Waals surface area contributed by atoms with Gasteiger partial charge in [-0.2, -0.15) is 4.68 Å². The maximum Gasteiger partial charge on any atom is 0.209 e. The molecule has 8 heteroatoms. The van der Waals surface area contributed by atoms with Crippen LogP contribution in [0.5, 0.6) is 0 Å². The standard InChI is InChI=1S/C17H15N7S/c1-13(16-19-21-22-24(16)15-10-6-3-7-11-15)25-17-18-12-23(20-17)14-8-4-2-5-9-14/h2-13H,1H3. The average molecular weight is 349 g/mol. The van der Waals surface area contributed by atoms with Crippen LogP contribution in [-0.4, -0.2) is 35.0 Å². The molecule has 0 aliphatic carbocycles. The van der Waals surface area contributed by atoms with Crippen molar-refractivity contribution < 1.29 is 0 Å². The normalized spacial score (nSPS) is 12.2. The van der Waals surface area contributed by atoms with Crippen molar-refractivity contribution in [2.24, 2.45) is 0 Å². The van der Waals surface area contributed by atoms with Crippen LogP contribution in [0.4, 0.5) is 0 Å². The van der Waals surface area contributed by atoms with Crippen molar-refractivity contribution in [2.45, 2.75) is 17.3 Å². The third-order valence-electron chi connectivity index (χ3n) is 3.63. The third-order valence-corrected chi connectivity index (χ3v) is 4.59. The fourth-order valence-electron chi connectivity index (χ4n) is 2.42. The summed E-state index contributed by atoms with van der Waals surface area (Å²) >= 11 is 1.52. The number of hydrogen-bond acceptors (Lipinski definition) is 6. The first kappa shape index (κ1) is 15.5. The van der Waals surface area contributed by atoms with Gasteiger partial charge in [-0.1, -0.05) is 48.2 Å². The molecule has 2 aromatic carbocycles. The molecule has 0 saturated heterocycles. The molecule has 0 spiro atoms. The van der Waals surface area contributed by atoms with Gasteiger partial charge < -0.3 is 0 Å². The predicted molar refractivity (Wildman–Crippen MR) is 94.8 cm³/mol. The quantitative estimate of drug-likeness (QED) is 0.516. The molecule has 1 unspecified atom stereocenters. The molecule has 0 saturated carbocycles. The largest absolute Gasteiger partial charge is 0.220 e. The van der Waals surface area contributed by atoms with E-state index in [2.05, 4.69) is 25.6 Å². The minimum atomic E-state index is 0.00169. The summed E-state index contributed by atoms with van der Waals surface area (Å²) in [5.41, 5.74) is 1.90. The summed E-state index contributed by atoms with van der Waals surface area (Å²) in [5.74, 6) is 0.757. The van der Waals surface area contributed by atoms with E-state index in [4.69, 9.17) is 0 Å². The van der Waals surface area contributed by atoms with Crippen molar-refractivity contribution in [1.82, 2.24) is 35.0 Å². The first-order valence-electron chi connectivity index (χ1n) is 7.79. The molecule has 7 nitrogen and oxygen atoms in total. The highest BCUT2D eigenvalue weighted by Crippen LogP contribution is 2.32. The van der Waals surface area contributed by atoms with Crippen molar-refractivity contribution in [2.75, 3.05) is 0 Å². The van der Waals surface area contributed by atoms with E-state index in [1.807, 2.05) is 67.6 Å². The Morgan fingerprint density at radius 1 is 0.920 bits per heavy atom. The Hall–Kier alpha value is -3.00. The molecule has 4 aromatic rings. The molecule has 25 heavy (non-hydrogen) atoms. The topological polar surface area (TPSA) is 74.3 Å². The number of nitrogens with zero attached hydrogens (tertiary/aromatic N) is 7. The van der Waals surface area contributed by atoms with Gasteiger partial charge in [0, 0.05) is 0 Å². The Morgan fingerprint density at radius 2 is 1.60 bits per heavy atom. The van der Waals surface area contributed by atoms with E-state index in [0.717, 1.165) is 17.2 Å². The molecule has 4 rings (SSSR count). The summed E-state index contributed by atoms with van der Waals surface area (Å²) < 4.78 is 3.50. The van der Waals surface area contributed by atoms with Gasteiger partial charge in [-0.3, -0.25) is 0 Å². The fraction of sp³-hybridized carbons (Fsp3) is 0.118. The molecule has 0 amide bonds. The minimum absolute atomic E-state index is 0.00169. The molecule has 2 heterocycles. The van der Waals surface area contributed by atoms with E-state index in [1.54, 1.807) is 15.7 Å². The first-order chi connectivity index (χ1) is 12.3. The Balaban J connectivity index is 1.55. The average Bonchev–Trinajstić information content (AvgIpc) is 3.33. The summed E-state index contributed by atoms with van der Waals surface area (Å²) in [6.07, 6.45) is 1.71. The van der Waals surface area contributed by atoms with Gasteiger partial charge in [-0.15, -0.1) is 10.2 Å². The molecule has 0 aliphatic heterocycles. The monoisotopic (exact) mass is 349 g/mol. The van der Waals surface area contributed by atoms with Crippen LogP contribution in [0.1, 0.15) is 18.0 Å². The van der Waals surface area contributed by atoms with Gasteiger partial charge in [0.05, 0.1) is 16.6 Å². The number of hydrogen-bond donors (Lipinski definition) is 0. The van der Waals surface area contributed by atoms with Crippen LogP contribution >= 0.6 is 11.8 Å². The van der Waals surface area contributed by atoms with Gasteiger partial charge >= 0.3 is 0 Å². The zero-order chi connectivity index (χ0) is 17.1. The van der Waals surface area contributed by atoms with Crippen molar-refractivity contribution >= 4 is 11.8 Å². The highest BCUT2D eigenvalue weighted by molar-refractivity contribution is 7.99. The zero-order valence-corrected chi connectivity index (χ0v) is 14.3. The third kappa shape index (κ3) is 3.29. The van der Waals surface area contributed by atoms with Crippen molar-refractivity contribution in [3.63, 3.8) is 0 Å². The maximum absolute atomic E-state index is 4.52. The number of aromatic nitrogens is 7. The summed E-state index contributed by atoms with van der Waals surface area (Å²) in [6, 6.07) is 19.7. The molecule has 0 aliphatic rings. The van der Waals surface area contributed by atoms with Gasteiger partial charge in [0.15, 0.2) is 5.82 Å². The molecule has 0 bridgehead atoms. The molecule has 124 valence electrons. The number of benzene rings is 2. The van der Waals surface area contributed by atoms with E-state index in [9.17, 15) is 0 Å². The molecule has 2 aromatic heterocycles. The van der Waals surface area contributed by atoms with Crippen molar-refractivity contribution in [3.8, 4) is 11.4 Å². The molecule has 0 N–H and O–H groups in total. The predicted octanol–water partition coefficient (Wildman–Crippen LogP) is 3.10. The van der Waals surface area contributed by atoms with Crippen molar-refractivity contribution in [1.29, 1.82) is 0 Å². The number of para-hydroxylation sites is 2. The summed E-state index contributed by atoms with van der Waals surface area (Å²) in [4.78, 5) is 4.38. The van der Waals surface area contributed by atoms with Gasteiger partial charge in [0.25, 0.3) is 0 Å². The summed E-state index contributed by atoms with van der Waals surface area (Å²) in [6.45, 7) is 2.04. The Bertz CT molecular complexity index is 949. The van der Waals surface area contributed by atoms with E-state index >= 15 is 0 Å². The first-order valence-corrected chi connectivity index (χ1v) is 8.66. The lowest BCUT2D eigenvalue weighted by Gasteiger charge is -2.09. The van der Waals surface area contributed by atoms with E-state index in [0.29, 0.717) is 5.16 Å². The Kier molecular flexibility index (Phi) is 4.26. The highest BCUT2D eigenvalue weighted by Gasteiger charge is 2.19. The lowest BCUT2D eigenvalue weighted by Crippen LogP contribution is -2.05. The van der Waals surface area contributed by atoms with Gasteiger partial charge in [0.1, 0.15) is 6.33 Å². The molecule has 0 fully saturated rings.